The van der Waals surface area contributed by atoms with Crippen molar-refractivity contribution in [3.63, 3.8) is 0 Å². The Morgan fingerprint density at radius 1 is 1.56 bits per heavy atom. The molecule has 1 heterocycles. The zero-order valence-corrected chi connectivity index (χ0v) is 10.4. The fourth-order valence-electron chi connectivity index (χ4n) is 1.88. The number of amides is 1. The summed E-state index contributed by atoms with van der Waals surface area (Å²) < 4.78 is 0.923. The van der Waals surface area contributed by atoms with Crippen LogP contribution in [0.25, 0.3) is 0 Å². The molecule has 0 aliphatic carbocycles. The van der Waals surface area contributed by atoms with Crippen molar-refractivity contribution in [1.82, 2.24) is 0 Å². The summed E-state index contributed by atoms with van der Waals surface area (Å²) in [5, 5.41) is 0. The van der Waals surface area contributed by atoms with Crippen LogP contribution in [-0.4, -0.2) is 12.5 Å². The largest absolute Gasteiger partial charge is 0.397 e. The Balaban J connectivity index is 2.34. The van der Waals surface area contributed by atoms with Gasteiger partial charge in [0, 0.05) is 23.4 Å². The highest BCUT2D eigenvalue weighted by Crippen LogP contribution is 2.32. The third-order valence-corrected chi connectivity index (χ3v) is 3.26. The Morgan fingerprint density at radius 3 is 2.94 bits per heavy atom. The zero-order chi connectivity index (χ0) is 11.7. The molecule has 1 amide bonds. The van der Waals surface area contributed by atoms with Crippen LogP contribution >= 0.6 is 15.9 Å². The summed E-state index contributed by atoms with van der Waals surface area (Å²) in [5.41, 5.74) is 7.29. The zero-order valence-electron chi connectivity index (χ0n) is 8.82. The van der Waals surface area contributed by atoms with Crippen molar-refractivity contribution < 1.29 is 4.79 Å². The van der Waals surface area contributed by atoms with E-state index in [1.54, 1.807) is 11.0 Å². The molecule has 0 aromatic heterocycles. The van der Waals surface area contributed by atoms with Crippen LogP contribution in [0.4, 0.5) is 11.4 Å². The van der Waals surface area contributed by atoms with E-state index in [-0.39, 0.29) is 11.8 Å². The molecule has 0 bridgehead atoms. The molecule has 16 heavy (non-hydrogen) atoms. The third kappa shape index (κ3) is 1.97. The molecular weight excluding hydrogens is 268 g/mol. The van der Waals surface area contributed by atoms with Crippen molar-refractivity contribution in [2.45, 2.75) is 6.42 Å². The van der Waals surface area contributed by atoms with Gasteiger partial charge in [0.25, 0.3) is 0 Å². The number of nitrogens with two attached hydrogens (primary N) is 1. The van der Waals surface area contributed by atoms with E-state index >= 15 is 0 Å². The number of rotatable bonds is 2. The molecule has 84 valence electrons. The minimum Gasteiger partial charge on any atom is -0.397 e. The van der Waals surface area contributed by atoms with Crippen molar-refractivity contribution in [3.05, 3.63) is 35.3 Å². The summed E-state index contributed by atoms with van der Waals surface area (Å²) in [4.78, 5) is 13.5. The summed E-state index contributed by atoms with van der Waals surface area (Å²) in [5.74, 6) is 0.334. The minimum atomic E-state index is 0.106. The molecule has 1 atom stereocenters. The van der Waals surface area contributed by atoms with E-state index in [0.29, 0.717) is 18.7 Å². The van der Waals surface area contributed by atoms with E-state index < -0.39 is 0 Å². The van der Waals surface area contributed by atoms with Crippen LogP contribution in [0, 0.1) is 5.92 Å². The lowest BCUT2D eigenvalue weighted by Gasteiger charge is -2.18. The molecule has 0 spiro atoms. The highest BCUT2D eigenvalue weighted by atomic mass is 79.9. The molecule has 2 N–H and O–H groups in total. The first-order valence-corrected chi connectivity index (χ1v) is 5.89. The fourth-order valence-corrected chi connectivity index (χ4v) is 2.23. The predicted octanol–water partition coefficient (Wildman–Crippen LogP) is 2.57. The van der Waals surface area contributed by atoms with Gasteiger partial charge in [-0.25, -0.2) is 0 Å². The van der Waals surface area contributed by atoms with Gasteiger partial charge in [-0.05, 0) is 18.2 Å². The van der Waals surface area contributed by atoms with E-state index in [2.05, 4.69) is 22.5 Å². The normalized spacial score (nSPS) is 20.2. The Bertz CT molecular complexity index is 445. The molecule has 1 aliphatic rings. The number of carbonyl (C=O) groups excluding carboxylic acids is 1. The second-order valence-electron chi connectivity index (χ2n) is 3.91. The van der Waals surface area contributed by atoms with Gasteiger partial charge in [0.15, 0.2) is 0 Å². The first-order valence-electron chi connectivity index (χ1n) is 5.09. The summed E-state index contributed by atoms with van der Waals surface area (Å²) in [6.45, 7) is 4.40. The molecule has 1 aliphatic heterocycles. The number of nitrogen functional groups attached to an aromatic ring is 1. The lowest BCUT2D eigenvalue weighted by atomic mass is 10.1. The van der Waals surface area contributed by atoms with Gasteiger partial charge in [0.05, 0.1) is 11.4 Å². The van der Waals surface area contributed by atoms with Gasteiger partial charge >= 0.3 is 0 Å². The van der Waals surface area contributed by atoms with Crippen LogP contribution in [0.3, 0.4) is 0 Å². The Labute approximate surface area is 103 Å². The number of hydrogen-bond acceptors (Lipinski definition) is 2. The molecule has 3 nitrogen and oxygen atoms in total. The first kappa shape index (κ1) is 11.2. The topological polar surface area (TPSA) is 46.3 Å². The van der Waals surface area contributed by atoms with E-state index in [1.807, 2.05) is 18.2 Å². The number of hydrogen-bond donors (Lipinski definition) is 1. The number of benzene rings is 1. The summed E-state index contributed by atoms with van der Waals surface area (Å²) in [6, 6.07) is 5.54. The Kier molecular flexibility index (Phi) is 3.01. The average Bonchev–Trinajstić information content (AvgIpc) is 2.63. The highest BCUT2D eigenvalue weighted by molar-refractivity contribution is 9.10. The third-order valence-electron chi connectivity index (χ3n) is 2.77. The fraction of sp³-hybridized carbons (Fsp3) is 0.250. The monoisotopic (exact) mass is 280 g/mol. The second kappa shape index (κ2) is 4.29. The van der Waals surface area contributed by atoms with E-state index in [1.165, 1.54) is 0 Å². The smallest absolute Gasteiger partial charge is 0.227 e. The predicted molar refractivity (Wildman–Crippen MR) is 69.2 cm³/mol. The van der Waals surface area contributed by atoms with Crippen LogP contribution in [0.15, 0.2) is 35.3 Å². The van der Waals surface area contributed by atoms with Gasteiger partial charge in [-0.2, -0.15) is 0 Å². The Morgan fingerprint density at radius 2 is 2.31 bits per heavy atom. The number of nitrogens with zero attached hydrogens (tertiary/aromatic N) is 1. The van der Waals surface area contributed by atoms with Crippen molar-refractivity contribution in [3.8, 4) is 0 Å². The van der Waals surface area contributed by atoms with Crippen LogP contribution in [0.5, 0.6) is 0 Å². The molecule has 1 fully saturated rings. The Hall–Kier alpha value is -1.29. The molecule has 0 radical (unpaired) electrons. The number of halogens is 1. The first-order chi connectivity index (χ1) is 7.61. The maximum absolute atomic E-state index is 11.8. The summed E-state index contributed by atoms with van der Waals surface area (Å²) in [7, 11) is 0. The SMILES string of the molecule is C=CC1CC(=O)N(c2cc(Br)ccc2N)C1. The average molecular weight is 281 g/mol. The standard InChI is InChI=1S/C12H13BrN2O/c1-2-8-5-12(16)15(7-8)11-6-9(13)3-4-10(11)14/h2-4,6,8H,1,5,7,14H2. The van der Waals surface area contributed by atoms with Crippen molar-refractivity contribution in [2.24, 2.45) is 5.92 Å². The molecule has 4 heteroatoms. The van der Waals surface area contributed by atoms with Crippen molar-refractivity contribution in [2.75, 3.05) is 17.2 Å². The molecule has 2 rings (SSSR count). The van der Waals surface area contributed by atoms with Crippen LogP contribution in [-0.2, 0) is 4.79 Å². The summed E-state index contributed by atoms with van der Waals surface area (Å²) >= 11 is 3.38. The minimum absolute atomic E-state index is 0.106. The molecule has 1 aromatic carbocycles. The quantitative estimate of drug-likeness (QED) is 0.669. The molecule has 1 unspecified atom stereocenters. The van der Waals surface area contributed by atoms with Gasteiger partial charge in [-0.15, -0.1) is 6.58 Å². The molecule has 1 aromatic rings. The van der Waals surface area contributed by atoms with Gasteiger partial charge in [-0.1, -0.05) is 22.0 Å². The van der Waals surface area contributed by atoms with Gasteiger partial charge in [0.1, 0.15) is 0 Å². The van der Waals surface area contributed by atoms with E-state index in [9.17, 15) is 4.79 Å². The van der Waals surface area contributed by atoms with Crippen molar-refractivity contribution in [1.29, 1.82) is 0 Å². The molecule has 0 saturated carbocycles. The van der Waals surface area contributed by atoms with Gasteiger partial charge in [-0.3, -0.25) is 4.79 Å². The van der Waals surface area contributed by atoms with Gasteiger partial charge in [0.2, 0.25) is 5.91 Å². The lowest BCUT2D eigenvalue weighted by molar-refractivity contribution is -0.117. The van der Waals surface area contributed by atoms with Crippen LogP contribution < -0.4 is 10.6 Å². The lowest BCUT2D eigenvalue weighted by Crippen LogP contribution is -2.25. The number of carbonyl (C=O) groups is 1. The maximum Gasteiger partial charge on any atom is 0.227 e. The van der Waals surface area contributed by atoms with Crippen molar-refractivity contribution >= 4 is 33.2 Å². The second-order valence-corrected chi connectivity index (χ2v) is 4.82. The highest BCUT2D eigenvalue weighted by Gasteiger charge is 2.29. The molecule has 1 saturated heterocycles. The van der Waals surface area contributed by atoms with Crippen LogP contribution in [0.2, 0.25) is 0 Å². The maximum atomic E-state index is 11.8. The van der Waals surface area contributed by atoms with E-state index in [4.69, 9.17) is 5.73 Å². The van der Waals surface area contributed by atoms with Crippen LogP contribution in [0.1, 0.15) is 6.42 Å². The van der Waals surface area contributed by atoms with Gasteiger partial charge < -0.3 is 10.6 Å². The van der Waals surface area contributed by atoms with E-state index in [0.717, 1.165) is 10.2 Å². The number of anilines is 2. The molecular formula is C12H13BrN2O. The summed E-state index contributed by atoms with van der Waals surface area (Å²) in [6.07, 6.45) is 2.35.